The molecule has 0 saturated heterocycles. The zero-order valence-electron chi connectivity index (χ0n) is 7.37. The molecule has 0 bridgehead atoms. The van der Waals surface area contributed by atoms with Crippen molar-refractivity contribution in [3.8, 4) is 11.8 Å². The Hall–Kier alpha value is -1.82. The van der Waals surface area contributed by atoms with Crippen LogP contribution in [0.5, 0.6) is 0 Å². The molecule has 0 atom stereocenters. The van der Waals surface area contributed by atoms with Gasteiger partial charge in [0.15, 0.2) is 0 Å². The summed E-state index contributed by atoms with van der Waals surface area (Å²) in [4.78, 5) is 14.8. The van der Waals surface area contributed by atoms with Crippen LogP contribution in [-0.2, 0) is 11.3 Å². The van der Waals surface area contributed by atoms with Crippen molar-refractivity contribution in [2.45, 2.75) is 13.5 Å². The number of carbonyl (C=O) groups is 1. The van der Waals surface area contributed by atoms with Crippen molar-refractivity contribution in [3.05, 3.63) is 30.1 Å². The fourth-order valence-electron chi connectivity index (χ4n) is 0.843. The number of amides is 1. The molecular weight excluding hydrogens is 164 g/mol. The first kappa shape index (κ1) is 9.27. The summed E-state index contributed by atoms with van der Waals surface area (Å²) in [5.41, 5.74) is 0.966. The summed E-state index contributed by atoms with van der Waals surface area (Å²) in [5, 5.41) is 2.65. The van der Waals surface area contributed by atoms with Gasteiger partial charge in [0.25, 0.3) is 5.91 Å². The molecule has 3 heteroatoms. The predicted octanol–water partition coefficient (Wildman–Crippen LogP) is 0.721. The minimum Gasteiger partial charge on any atom is -0.341 e. The van der Waals surface area contributed by atoms with Gasteiger partial charge in [-0.1, -0.05) is 12.0 Å². The molecule has 66 valence electrons. The Kier molecular flexibility index (Phi) is 3.52. The van der Waals surface area contributed by atoms with Gasteiger partial charge in [0.1, 0.15) is 0 Å². The third-order valence-electron chi connectivity index (χ3n) is 1.41. The average Bonchev–Trinajstić information content (AvgIpc) is 2.17. The molecule has 0 unspecified atom stereocenters. The molecule has 0 radical (unpaired) electrons. The van der Waals surface area contributed by atoms with Gasteiger partial charge in [-0.3, -0.25) is 9.78 Å². The molecule has 1 aromatic rings. The third-order valence-corrected chi connectivity index (χ3v) is 1.41. The van der Waals surface area contributed by atoms with Crippen LogP contribution >= 0.6 is 0 Å². The zero-order chi connectivity index (χ0) is 9.52. The van der Waals surface area contributed by atoms with Crippen LogP contribution in [0.3, 0.4) is 0 Å². The van der Waals surface area contributed by atoms with Crippen molar-refractivity contribution >= 4 is 5.91 Å². The van der Waals surface area contributed by atoms with Gasteiger partial charge >= 0.3 is 0 Å². The van der Waals surface area contributed by atoms with E-state index in [0.717, 1.165) is 5.56 Å². The Morgan fingerprint density at radius 1 is 1.69 bits per heavy atom. The highest BCUT2D eigenvalue weighted by molar-refractivity contribution is 5.93. The van der Waals surface area contributed by atoms with E-state index in [1.807, 2.05) is 12.1 Å². The van der Waals surface area contributed by atoms with Gasteiger partial charge in [-0.15, -0.1) is 0 Å². The number of hydrogen-bond donors (Lipinski definition) is 1. The normalized spacial score (nSPS) is 8.38. The zero-order valence-corrected chi connectivity index (χ0v) is 7.37. The van der Waals surface area contributed by atoms with E-state index < -0.39 is 0 Å². The maximum absolute atomic E-state index is 10.9. The highest BCUT2D eigenvalue weighted by Crippen LogP contribution is 1.93. The van der Waals surface area contributed by atoms with Crippen molar-refractivity contribution in [1.82, 2.24) is 10.3 Å². The monoisotopic (exact) mass is 174 g/mol. The van der Waals surface area contributed by atoms with Gasteiger partial charge in [-0.2, -0.15) is 0 Å². The summed E-state index contributed by atoms with van der Waals surface area (Å²) >= 11 is 0. The molecule has 0 aliphatic rings. The van der Waals surface area contributed by atoms with Crippen LogP contribution in [-0.4, -0.2) is 10.9 Å². The molecule has 0 saturated carbocycles. The van der Waals surface area contributed by atoms with E-state index in [1.165, 1.54) is 0 Å². The molecule has 13 heavy (non-hydrogen) atoms. The quantitative estimate of drug-likeness (QED) is 0.671. The Morgan fingerprint density at radius 3 is 3.15 bits per heavy atom. The van der Waals surface area contributed by atoms with Crippen LogP contribution < -0.4 is 5.32 Å². The van der Waals surface area contributed by atoms with E-state index in [1.54, 1.807) is 19.3 Å². The van der Waals surface area contributed by atoms with Gasteiger partial charge in [0.2, 0.25) is 0 Å². The van der Waals surface area contributed by atoms with E-state index in [0.29, 0.717) is 6.54 Å². The predicted molar refractivity (Wildman–Crippen MR) is 49.5 cm³/mol. The second-order valence-electron chi connectivity index (χ2n) is 2.42. The highest BCUT2D eigenvalue weighted by atomic mass is 16.1. The van der Waals surface area contributed by atoms with Crippen LogP contribution in [0.1, 0.15) is 12.5 Å². The Labute approximate surface area is 77.2 Å². The number of aromatic nitrogens is 1. The molecule has 0 spiro atoms. The van der Waals surface area contributed by atoms with Crippen molar-refractivity contribution in [2.24, 2.45) is 0 Å². The second-order valence-corrected chi connectivity index (χ2v) is 2.42. The Balaban J connectivity index is 2.43. The minimum absolute atomic E-state index is 0.258. The lowest BCUT2D eigenvalue weighted by atomic mass is 10.3. The third kappa shape index (κ3) is 3.39. The fourth-order valence-corrected chi connectivity index (χ4v) is 0.843. The number of rotatable bonds is 2. The summed E-state index contributed by atoms with van der Waals surface area (Å²) in [6, 6.07) is 3.72. The molecule has 0 aliphatic heterocycles. The van der Waals surface area contributed by atoms with Gasteiger partial charge in [-0.25, -0.2) is 0 Å². The van der Waals surface area contributed by atoms with E-state index >= 15 is 0 Å². The van der Waals surface area contributed by atoms with E-state index in [4.69, 9.17) is 0 Å². The van der Waals surface area contributed by atoms with Gasteiger partial charge in [0, 0.05) is 18.9 Å². The van der Waals surface area contributed by atoms with Gasteiger partial charge in [0.05, 0.1) is 0 Å². The average molecular weight is 174 g/mol. The molecule has 0 aliphatic carbocycles. The summed E-state index contributed by atoms with van der Waals surface area (Å²) in [7, 11) is 0. The summed E-state index contributed by atoms with van der Waals surface area (Å²) in [5.74, 6) is 4.66. The number of nitrogens with zero attached hydrogens (tertiary/aromatic N) is 1. The summed E-state index contributed by atoms with van der Waals surface area (Å²) in [6.07, 6.45) is 3.40. The highest BCUT2D eigenvalue weighted by Gasteiger charge is 1.94. The summed E-state index contributed by atoms with van der Waals surface area (Å²) in [6.45, 7) is 2.10. The van der Waals surface area contributed by atoms with Crippen molar-refractivity contribution in [3.63, 3.8) is 0 Å². The molecule has 3 nitrogen and oxygen atoms in total. The SMILES string of the molecule is CC#CC(=O)NCc1cccnc1. The van der Waals surface area contributed by atoms with Crippen LogP contribution in [0.4, 0.5) is 0 Å². The molecule has 0 fully saturated rings. The topological polar surface area (TPSA) is 42.0 Å². The fraction of sp³-hybridized carbons (Fsp3) is 0.200. The van der Waals surface area contributed by atoms with Crippen LogP contribution in [0.25, 0.3) is 0 Å². The van der Waals surface area contributed by atoms with Crippen LogP contribution in [0.2, 0.25) is 0 Å². The molecule has 1 aromatic heterocycles. The molecule has 0 aromatic carbocycles. The standard InChI is InChI=1S/C10H10N2O/c1-2-4-10(13)12-8-9-5-3-6-11-7-9/h3,5-7H,8H2,1H3,(H,12,13). The molecule has 1 amide bonds. The molecule has 1 N–H and O–H groups in total. The van der Waals surface area contributed by atoms with Crippen LogP contribution in [0.15, 0.2) is 24.5 Å². The first-order chi connectivity index (χ1) is 6.33. The van der Waals surface area contributed by atoms with E-state index in [2.05, 4.69) is 22.1 Å². The maximum Gasteiger partial charge on any atom is 0.296 e. The molecule has 1 rings (SSSR count). The minimum atomic E-state index is -0.258. The largest absolute Gasteiger partial charge is 0.341 e. The number of pyridine rings is 1. The maximum atomic E-state index is 10.9. The van der Waals surface area contributed by atoms with Gasteiger partial charge in [-0.05, 0) is 24.5 Å². The van der Waals surface area contributed by atoms with E-state index in [-0.39, 0.29) is 5.91 Å². The number of nitrogens with one attached hydrogen (secondary N) is 1. The number of carbonyl (C=O) groups excluding carboxylic acids is 1. The van der Waals surface area contributed by atoms with Crippen molar-refractivity contribution in [1.29, 1.82) is 0 Å². The molecule has 1 heterocycles. The first-order valence-corrected chi connectivity index (χ1v) is 3.92. The first-order valence-electron chi connectivity index (χ1n) is 3.92. The molecular formula is C10H10N2O. The van der Waals surface area contributed by atoms with Gasteiger partial charge < -0.3 is 5.32 Å². The smallest absolute Gasteiger partial charge is 0.296 e. The Morgan fingerprint density at radius 2 is 2.54 bits per heavy atom. The Bertz CT molecular complexity index is 335. The van der Waals surface area contributed by atoms with Crippen molar-refractivity contribution in [2.75, 3.05) is 0 Å². The van der Waals surface area contributed by atoms with Crippen LogP contribution in [0, 0.1) is 11.8 Å². The van der Waals surface area contributed by atoms with E-state index in [9.17, 15) is 4.79 Å². The lowest BCUT2D eigenvalue weighted by Gasteiger charge is -1.99. The lowest BCUT2D eigenvalue weighted by molar-refractivity contribution is -0.115. The number of hydrogen-bond acceptors (Lipinski definition) is 2. The van der Waals surface area contributed by atoms with Crippen molar-refractivity contribution < 1.29 is 4.79 Å². The summed E-state index contributed by atoms with van der Waals surface area (Å²) < 4.78 is 0. The second kappa shape index (κ2) is 4.94. The lowest BCUT2D eigenvalue weighted by Crippen LogP contribution is -2.20.